The number of thioether (sulfide) groups is 1. The number of carboxylic acids is 1. The predicted molar refractivity (Wildman–Crippen MR) is 84.3 cm³/mol. The van der Waals surface area contributed by atoms with Crippen molar-refractivity contribution in [1.82, 2.24) is 10.2 Å². The second-order valence-corrected chi connectivity index (χ2v) is 7.29. The molecule has 0 radical (unpaired) electrons. The molecule has 120 valence electrons. The molecule has 0 bridgehead atoms. The van der Waals surface area contributed by atoms with E-state index in [1.807, 2.05) is 6.92 Å². The topological polar surface area (TPSA) is 69.6 Å². The van der Waals surface area contributed by atoms with Gasteiger partial charge in [0.2, 0.25) is 0 Å². The molecule has 6 heteroatoms. The van der Waals surface area contributed by atoms with E-state index in [4.69, 9.17) is 0 Å². The highest BCUT2D eigenvalue weighted by molar-refractivity contribution is 8.00. The average molecular weight is 314 g/mol. The van der Waals surface area contributed by atoms with Gasteiger partial charge in [-0.1, -0.05) is 26.7 Å². The SMILES string of the molecule is CCC(CC)C(C)NC(=O)N1C(C(=O)O)CSC1C1CC1. The molecule has 0 aromatic carbocycles. The first-order valence-corrected chi connectivity index (χ1v) is 8.97. The van der Waals surface area contributed by atoms with E-state index in [1.54, 1.807) is 16.7 Å². The Bertz CT molecular complexity index is 396. The van der Waals surface area contributed by atoms with Gasteiger partial charge in [-0.15, -0.1) is 11.8 Å². The summed E-state index contributed by atoms with van der Waals surface area (Å²) >= 11 is 1.62. The molecule has 1 aliphatic heterocycles. The number of nitrogens with zero attached hydrogens (tertiary/aromatic N) is 1. The zero-order valence-corrected chi connectivity index (χ0v) is 13.9. The molecule has 1 saturated carbocycles. The van der Waals surface area contributed by atoms with Gasteiger partial charge in [-0.3, -0.25) is 4.90 Å². The molecule has 0 aromatic heterocycles. The fourth-order valence-electron chi connectivity index (χ4n) is 3.10. The van der Waals surface area contributed by atoms with Gasteiger partial charge < -0.3 is 10.4 Å². The first-order chi connectivity index (χ1) is 9.99. The molecule has 1 heterocycles. The second-order valence-electron chi connectivity index (χ2n) is 6.14. The van der Waals surface area contributed by atoms with Gasteiger partial charge in [-0.25, -0.2) is 9.59 Å². The van der Waals surface area contributed by atoms with Crippen LogP contribution in [-0.2, 0) is 4.79 Å². The highest BCUT2D eigenvalue weighted by atomic mass is 32.2. The van der Waals surface area contributed by atoms with Crippen LogP contribution in [0.4, 0.5) is 4.79 Å². The Labute approximate surface area is 130 Å². The third kappa shape index (κ3) is 3.65. The molecule has 1 aliphatic carbocycles. The van der Waals surface area contributed by atoms with E-state index in [0.29, 0.717) is 17.6 Å². The molecule has 0 aromatic rings. The van der Waals surface area contributed by atoms with Gasteiger partial charge in [0.15, 0.2) is 0 Å². The Morgan fingerprint density at radius 3 is 2.43 bits per heavy atom. The van der Waals surface area contributed by atoms with Crippen LogP contribution in [0.15, 0.2) is 0 Å². The van der Waals surface area contributed by atoms with Gasteiger partial charge in [-0.2, -0.15) is 0 Å². The average Bonchev–Trinajstić information content (AvgIpc) is 3.17. The third-order valence-corrected chi connectivity index (χ3v) is 6.15. The van der Waals surface area contributed by atoms with Gasteiger partial charge in [0.1, 0.15) is 6.04 Å². The number of aliphatic carboxylic acids is 1. The van der Waals surface area contributed by atoms with E-state index in [1.165, 1.54) is 0 Å². The van der Waals surface area contributed by atoms with E-state index < -0.39 is 12.0 Å². The standard InChI is InChI=1S/C15H26N2O3S/c1-4-10(5-2)9(3)16-15(20)17-12(14(18)19)8-21-13(17)11-6-7-11/h9-13H,4-8H2,1-3H3,(H,16,20)(H,18,19). The van der Waals surface area contributed by atoms with Gasteiger partial charge in [0.25, 0.3) is 0 Å². The van der Waals surface area contributed by atoms with Crippen molar-refractivity contribution in [2.45, 2.75) is 63.9 Å². The smallest absolute Gasteiger partial charge is 0.327 e. The van der Waals surface area contributed by atoms with Crippen LogP contribution in [0, 0.1) is 11.8 Å². The largest absolute Gasteiger partial charge is 0.480 e. The summed E-state index contributed by atoms with van der Waals surface area (Å²) in [5, 5.41) is 12.4. The van der Waals surface area contributed by atoms with Crippen LogP contribution in [0.5, 0.6) is 0 Å². The van der Waals surface area contributed by atoms with Crippen molar-refractivity contribution in [3.63, 3.8) is 0 Å². The van der Waals surface area contributed by atoms with Crippen molar-refractivity contribution in [3.05, 3.63) is 0 Å². The lowest BCUT2D eigenvalue weighted by Gasteiger charge is -2.31. The molecule has 1 saturated heterocycles. The zero-order chi connectivity index (χ0) is 15.6. The van der Waals surface area contributed by atoms with Crippen LogP contribution in [-0.4, -0.2) is 45.2 Å². The number of nitrogens with one attached hydrogen (secondary N) is 1. The van der Waals surface area contributed by atoms with Crippen molar-refractivity contribution >= 4 is 23.8 Å². The Hall–Kier alpha value is -0.910. The molecule has 2 fully saturated rings. The Balaban J connectivity index is 2.04. The van der Waals surface area contributed by atoms with Gasteiger partial charge in [0.05, 0.1) is 5.37 Å². The minimum Gasteiger partial charge on any atom is -0.480 e. The molecule has 0 spiro atoms. The summed E-state index contributed by atoms with van der Waals surface area (Å²) in [4.78, 5) is 25.6. The lowest BCUT2D eigenvalue weighted by atomic mass is 9.96. The normalized spacial score (nSPS) is 27.0. The van der Waals surface area contributed by atoms with E-state index in [0.717, 1.165) is 25.7 Å². The molecule has 2 aliphatic rings. The molecule has 2 N–H and O–H groups in total. The maximum absolute atomic E-state index is 12.6. The fourth-order valence-corrected chi connectivity index (χ4v) is 4.73. The number of carboxylic acid groups (broad SMARTS) is 1. The monoisotopic (exact) mass is 314 g/mol. The number of rotatable bonds is 6. The fraction of sp³-hybridized carbons (Fsp3) is 0.867. The maximum atomic E-state index is 12.6. The molecular formula is C15H26N2O3S. The summed E-state index contributed by atoms with van der Waals surface area (Å²) in [6.07, 6.45) is 4.24. The Kier molecular flexibility index (Phi) is 5.41. The number of carbonyl (C=O) groups excluding carboxylic acids is 1. The van der Waals surface area contributed by atoms with Gasteiger partial charge in [0, 0.05) is 11.8 Å². The number of carbonyl (C=O) groups is 2. The van der Waals surface area contributed by atoms with Crippen molar-refractivity contribution in [2.24, 2.45) is 11.8 Å². The quantitative estimate of drug-likeness (QED) is 0.791. The van der Waals surface area contributed by atoms with Gasteiger partial charge >= 0.3 is 12.0 Å². The maximum Gasteiger partial charge on any atom is 0.327 e. The minimum absolute atomic E-state index is 0.0417. The Morgan fingerprint density at radius 2 is 1.95 bits per heavy atom. The highest BCUT2D eigenvalue weighted by Crippen LogP contribution is 2.45. The van der Waals surface area contributed by atoms with E-state index in [-0.39, 0.29) is 17.4 Å². The van der Waals surface area contributed by atoms with Crippen molar-refractivity contribution < 1.29 is 14.7 Å². The number of hydrogen-bond acceptors (Lipinski definition) is 3. The van der Waals surface area contributed by atoms with E-state index in [9.17, 15) is 14.7 Å². The molecule has 21 heavy (non-hydrogen) atoms. The molecule has 5 nitrogen and oxygen atoms in total. The third-order valence-electron chi connectivity index (χ3n) is 4.69. The zero-order valence-electron chi connectivity index (χ0n) is 13.0. The first-order valence-electron chi connectivity index (χ1n) is 7.92. The second kappa shape index (κ2) is 6.90. The Morgan fingerprint density at radius 1 is 1.33 bits per heavy atom. The highest BCUT2D eigenvalue weighted by Gasteiger charge is 2.48. The molecule has 3 atom stereocenters. The van der Waals surface area contributed by atoms with Crippen LogP contribution < -0.4 is 5.32 Å². The summed E-state index contributed by atoms with van der Waals surface area (Å²) in [5.74, 6) is 0.528. The van der Waals surface area contributed by atoms with Crippen LogP contribution in [0.2, 0.25) is 0 Å². The van der Waals surface area contributed by atoms with E-state index in [2.05, 4.69) is 19.2 Å². The van der Waals surface area contributed by atoms with Crippen LogP contribution in [0.1, 0.15) is 46.5 Å². The van der Waals surface area contributed by atoms with Crippen LogP contribution in [0.3, 0.4) is 0 Å². The summed E-state index contributed by atoms with van der Waals surface area (Å²) in [6.45, 7) is 6.26. The summed E-state index contributed by atoms with van der Waals surface area (Å²) in [6, 6.07) is -0.814. The predicted octanol–water partition coefficient (Wildman–Crippen LogP) is 2.76. The van der Waals surface area contributed by atoms with Crippen molar-refractivity contribution in [1.29, 1.82) is 0 Å². The van der Waals surface area contributed by atoms with Crippen LogP contribution in [0.25, 0.3) is 0 Å². The van der Waals surface area contributed by atoms with Crippen LogP contribution >= 0.6 is 11.8 Å². The summed E-state index contributed by atoms with van der Waals surface area (Å²) in [5.41, 5.74) is 0. The summed E-state index contributed by atoms with van der Waals surface area (Å²) in [7, 11) is 0. The lowest BCUT2D eigenvalue weighted by Crippen LogP contribution is -2.53. The number of urea groups is 1. The summed E-state index contributed by atoms with van der Waals surface area (Å²) < 4.78 is 0. The van der Waals surface area contributed by atoms with Crippen molar-refractivity contribution in [2.75, 3.05) is 5.75 Å². The molecule has 2 amide bonds. The lowest BCUT2D eigenvalue weighted by molar-refractivity contribution is -0.141. The molecule has 2 rings (SSSR count). The minimum atomic E-state index is -0.893. The number of amides is 2. The first kappa shape index (κ1) is 16.5. The van der Waals surface area contributed by atoms with E-state index >= 15 is 0 Å². The molecule has 3 unspecified atom stereocenters. The molecular weight excluding hydrogens is 288 g/mol. The van der Waals surface area contributed by atoms with Crippen molar-refractivity contribution in [3.8, 4) is 0 Å². The number of hydrogen-bond donors (Lipinski definition) is 2. The van der Waals surface area contributed by atoms with Gasteiger partial charge in [-0.05, 0) is 31.6 Å².